The summed E-state index contributed by atoms with van der Waals surface area (Å²) in [6.45, 7) is 7.77. The van der Waals surface area contributed by atoms with Gasteiger partial charge in [0.15, 0.2) is 29.6 Å². The molecule has 2 aliphatic heterocycles. The van der Waals surface area contributed by atoms with E-state index in [4.69, 9.17) is 42.6 Å². The van der Waals surface area contributed by atoms with E-state index in [2.05, 4.69) is 15.9 Å². The first kappa shape index (κ1) is 34.4. The van der Waals surface area contributed by atoms with Crippen LogP contribution in [0, 0.1) is 5.92 Å². The third-order valence-corrected chi connectivity index (χ3v) is 6.66. The Kier molecular flexibility index (Phi) is 12.9. The molecule has 2 saturated heterocycles. The summed E-state index contributed by atoms with van der Waals surface area (Å²) in [5, 5.41) is -1.00. The molecular weight excluding hydrogens is 620 g/mol. The smallest absolute Gasteiger partial charge is 0.303 e. The Labute approximate surface area is 244 Å². The molecule has 232 valence electrons. The highest BCUT2D eigenvalue weighted by atomic mass is 79.9. The number of carbonyl (C=O) groups is 6. The largest absolute Gasteiger partial charge is 0.463 e. The highest BCUT2D eigenvalue weighted by Crippen LogP contribution is 2.37. The summed E-state index contributed by atoms with van der Waals surface area (Å²) in [6, 6.07) is 0. The molecule has 0 spiro atoms. The highest BCUT2D eigenvalue weighted by molar-refractivity contribution is 9.09. The van der Waals surface area contributed by atoms with Crippen molar-refractivity contribution in [3.05, 3.63) is 0 Å². The molecule has 0 amide bonds. The maximum atomic E-state index is 12.1. The van der Waals surface area contributed by atoms with Crippen molar-refractivity contribution in [3.63, 3.8) is 0 Å². The average molecular weight is 655 g/mol. The van der Waals surface area contributed by atoms with Crippen LogP contribution in [0.5, 0.6) is 0 Å². The fourth-order valence-electron chi connectivity index (χ4n) is 4.39. The Bertz CT molecular complexity index is 986. The number of halogens is 1. The van der Waals surface area contributed by atoms with Crippen LogP contribution in [-0.4, -0.2) is 103 Å². The summed E-state index contributed by atoms with van der Waals surface area (Å²) in [5.74, 6) is -4.98. The molecule has 0 aromatic heterocycles. The van der Waals surface area contributed by atoms with Crippen molar-refractivity contribution in [2.75, 3.05) is 13.2 Å². The summed E-state index contributed by atoms with van der Waals surface area (Å²) in [6.07, 6.45) is -9.63. The Balaban J connectivity index is 2.52. The molecule has 2 rings (SSSR count). The van der Waals surface area contributed by atoms with E-state index in [1.54, 1.807) is 6.92 Å². The number of esters is 6. The van der Waals surface area contributed by atoms with E-state index in [1.807, 2.05) is 0 Å². The van der Waals surface area contributed by atoms with Crippen LogP contribution >= 0.6 is 15.9 Å². The zero-order valence-corrected chi connectivity index (χ0v) is 25.3. The summed E-state index contributed by atoms with van der Waals surface area (Å²) < 4.78 is 50.2. The number of alkyl halides is 1. The molecule has 0 aromatic carbocycles. The molecule has 15 nitrogen and oxygen atoms in total. The lowest BCUT2D eigenvalue weighted by atomic mass is 9.91. The molecule has 41 heavy (non-hydrogen) atoms. The molecule has 0 N–H and O–H groups in total. The van der Waals surface area contributed by atoms with Gasteiger partial charge in [0, 0.05) is 47.5 Å². The zero-order valence-electron chi connectivity index (χ0n) is 23.7. The molecule has 16 heteroatoms. The van der Waals surface area contributed by atoms with Gasteiger partial charge >= 0.3 is 35.8 Å². The quantitative estimate of drug-likeness (QED) is 0.182. The highest BCUT2D eigenvalue weighted by Gasteiger charge is 2.54. The Hall–Kier alpha value is -2.82. The van der Waals surface area contributed by atoms with Gasteiger partial charge in [-0.25, -0.2) is 0 Å². The first-order valence-electron chi connectivity index (χ1n) is 12.7. The summed E-state index contributed by atoms with van der Waals surface area (Å²) >= 11 is 3.26. The number of rotatable bonds is 10. The van der Waals surface area contributed by atoms with E-state index in [0.29, 0.717) is 0 Å². The first-order valence-corrected chi connectivity index (χ1v) is 13.6. The van der Waals surface area contributed by atoms with Crippen molar-refractivity contribution >= 4 is 51.7 Å². The van der Waals surface area contributed by atoms with Gasteiger partial charge in [-0.3, -0.25) is 28.8 Å². The Morgan fingerprint density at radius 1 is 0.561 bits per heavy atom. The van der Waals surface area contributed by atoms with E-state index < -0.39 is 102 Å². The van der Waals surface area contributed by atoms with Crippen LogP contribution in [0.1, 0.15) is 48.5 Å². The van der Waals surface area contributed by atoms with Gasteiger partial charge in [-0.2, -0.15) is 0 Å². The van der Waals surface area contributed by atoms with Crippen molar-refractivity contribution < 1.29 is 71.4 Å². The SMILES string of the molecule is CC(=O)OC[C@H]1O[C@@H](O[C@H]2[C@H](OC(C)=O)[C@@H](OC(C)=O)[C@@H](Br)O[C@@H]2COC(C)=O)[C@H](C)[C@@H](OC(C)=O)[C@H]1OC(C)=O. The molecule has 0 bridgehead atoms. The zero-order chi connectivity index (χ0) is 31.0. The summed E-state index contributed by atoms with van der Waals surface area (Å²) in [4.78, 5) is 71.0. The minimum Gasteiger partial charge on any atom is -0.463 e. The van der Waals surface area contributed by atoms with Gasteiger partial charge < -0.3 is 42.6 Å². The van der Waals surface area contributed by atoms with Crippen LogP contribution in [0.4, 0.5) is 0 Å². The van der Waals surface area contributed by atoms with Crippen molar-refractivity contribution in [1.82, 2.24) is 0 Å². The maximum absolute atomic E-state index is 12.1. The van der Waals surface area contributed by atoms with Gasteiger partial charge in [-0.05, 0) is 0 Å². The number of hydrogen-bond donors (Lipinski definition) is 0. The van der Waals surface area contributed by atoms with Crippen molar-refractivity contribution in [2.24, 2.45) is 5.92 Å². The van der Waals surface area contributed by atoms with Gasteiger partial charge in [0.1, 0.15) is 37.6 Å². The lowest BCUT2D eigenvalue weighted by Gasteiger charge is -2.48. The topological polar surface area (TPSA) is 185 Å². The lowest BCUT2D eigenvalue weighted by Crippen LogP contribution is -2.64. The van der Waals surface area contributed by atoms with E-state index >= 15 is 0 Å². The van der Waals surface area contributed by atoms with E-state index in [1.165, 1.54) is 13.8 Å². The predicted molar refractivity (Wildman–Crippen MR) is 136 cm³/mol. The Morgan fingerprint density at radius 2 is 0.976 bits per heavy atom. The number of ether oxygens (including phenoxy) is 9. The minimum atomic E-state index is -1.30. The van der Waals surface area contributed by atoms with Crippen LogP contribution in [-0.2, 0) is 71.4 Å². The molecule has 0 unspecified atom stereocenters. The molecule has 2 fully saturated rings. The van der Waals surface area contributed by atoms with Crippen molar-refractivity contribution in [2.45, 2.75) is 102 Å². The van der Waals surface area contributed by atoms with E-state index in [9.17, 15) is 28.8 Å². The average Bonchev–Trinajstić information content (AvgIpc) is 2.83. The first-order chi connectivity index (χ1) is 19.1. The molecule has 10 atom stereocenters. The molecule has 0 aromatic rings. The van der Waals surface area contributed by atoms with Crippen molar-refractivity contribution in [3.8, 4) is 0 Å². The van der Waals surface area contributed by atoms with Gasteiger partial charge in [0.05, 0.1) is 0 Å². The predicted octanol–water partition coefficient (Wildman–Crippen LogP) is 0.705. The fraction of sp³-hybridized carbons (Fsp3) is 0.760. The standard InChI is InChI=1S/C25H35BrO15/c1-10-19(35-13(4)29)20(36-14(5)30)18(9-34-12(3)28)40-25(10)41-21-17(8-33-11(2)27)39-24(26)23(38-16(7)32)22(21)37-15(6)31/h10,17-25H,8-9H2,1-7H3/t10-,17-,18-,19-,20+,21-,22+,23-,24+,25+/m1/s1. The molecule has 2 heterocycles. The van der Waals surface area contributed by atoms with Gasteiger partial charge in [-0.15, -0.1) is 0 Å². The summed E-state index contributed by atoms with van der Waals surface area (Å²) in [7, 11) is 0. The van der Waals surface area contributed by atoms with Crippen LogP contribution in [0.25, 0.3) is 0 Å². The monoisotopic (exact) mass is 654 g/mol. The maximum Gasteiger partial charge on any atom is 0.303 e. The van der Waals surface area contributed by atoms with Gasteiger partial charge in [-0.1, -0.05) is 22.9 Å². The normalized spacial score (nSPS) is 33.1. The molecule has 2 aliphatic rings. The van der Waals surface area contributed by atoms with Crippen LogP contribution < -0.4 is 0 Å². The Morgan fingerprint density at radius 3 is 1.44 bits per heavy atom. The van der Waals surface area contributed by atoms with Gasteiger partial charge in [0.2, 0.25) is 0 Å². The van der Waals surface area contributed by atoms with Crippen LogP contribution in [0.3, 0.4) is 0 Å². The number of hydrogen-bond acceptors (Lipinski definition) is 15. The van der Waals surface area contributed by atoms with Crippen LogP contribution in [0.2, 0.25) is 0 Å². The molecule has 0 saturated carbocycles. The second-order valence-electron chi connectivity index (χ2n) is 9.43. The van der Waals surface area contributed by atoms with Crippen molar-refractivity contribution in [1.29, 1.82) is 0 Å². The van der Waals surface area contributed by atoms with E-state index in [-0.39, 0.29) is 6.61 Å². The molecule has 0 aliphatic carbocycles. The second kappa shape index (κ2) is 15.4. The fourth-order valence-corrected chi connectivity index (χ4v) is 5.08. The third-order valence-electron chi connectivity index (χ3n) is 5.92. The molecular formula is C25H35BrO15. The number of carbonyl (C=O) groups excluding carboxylic acids is 6. The minimum absolute atomic E-state index is 0.353. The second-order valence-corrected chi connectivity index (χ2v) is 10.3. The summed E-state index contributed by atoms with van der Waals surface area (Å²) in [5.41, 5.74) is 0. The molecule has 0 radical (unpaired) electrons. The third kappa shape index (κ3) is 10.2. The van der Waals surface area contributed by atoms with Crippen LogP contribution in [0.15, 0.2) is 0 Å². The van der Waals surface area contributed by atoms with E-state index in [0.717, 1.165) is 27.7 Å². The van der Waals surface area contributed by atoms with Gasteiger partial charge in [0.25, 0.3) is 0 Å². The lowest BCUT2D eigenvalue weighted by molar-refractivity contribution is -0.328.